The van der Waals surface area contributed by atoms with E-state index in [1.807, 2.05) is 44.2 Å². The Morgan fingerprint density at radius 1 is 1.24 bits per heavy atom. The van der Waals surface area contributed by atoms with Crippen molar-refractivity contribution in [3.05, 3.63) is 58.4 Å². The van der Waals surface area contributed by atoms with Crippen molar-refractivity contribution in [2.75, 3.05) is 19.8 Å². The van der Waals surface area contributed by atoms with Crippen molar-refractivity contribution in [2.45, 2.75) is 58.6 Å². The highest BCUT2D eigenvalue weighted by molar-refractivity contribution is 6.32. The molecule has 3 aromatic rings. The smallest absolute Gasteiger partial charge is 0.249 e. The molecule has 0 aliphatic carbocycles. The molecular weight excluding hydrogens is 438 g/mol. The zero-order chi connectivity index (χ0) is 23.2. The maximum Gasteiger partial charge on any atom is 0.249 e. The predicted molar refractivity (Wildman–Crippen MR) is 131 cm³/mol. The summed E-state index contributed by atoms with van der Waals surface area (Å²) >= 11 is 6.26. The number of amides is 1. The average Bonchev–Trinajstić information content (AvgIpc) is 3.46. The number of benzene rings is 2. The van der Waals surface area contributed by atoms with Crippen molar-refractivity contribution in [3.63, 3.8) is 0 Å². The first-order valence-corrected chi connectivity index (χ1v) is 12.1. The number of aromatic nitrogens is 2. The van der Waals surface area contributed by atoms with E-state index >= 15 is 0 Å². The highest BCUT2D eigenvalue weighted by Crippen LogP contribution is 2.26. The van der Waals surface area contributed by atoms with Crippen molar-refractivity contribution in [3.8, 4) is 5.75 Å². The number of fused-ring (bicyclic) bond motifs is 1. The fourth-order valence-electron chi connectivity index (χ4n) is 4.32. The molecule has 0 radical (unpaired) electrons. The second-order valence-electron chi connectivity index (χ2n) is 8.64. The number of nitrogens with zero attached hydrogens (tertiary/aromatic N) is 2. The summed E-state index contributed by atoms with van der Waals surface area (Å²) in [6.45, 7) is 6.74. The monoisotopic (exact) mass is 469 g/mol. The second-order valence-corrected chi connectivity index (χ2v) is 9.02. The molecule has 1 aliphatic heterocycles. The lowest BCUT2D eigenvalue weighted by atomic mass is 10.1. The summed E-state index contributed by atoms with van der Waals surface area (Å²) in [5, 5.41) is 3.80. The second kappa shape index (κ2) is 11.0. The molecule has 1 atom stereocenters. The molecule has 6 nitrogen and oxygen atoms in total. The van der Waals surface area contributed by atoms with Gasteiger partial charge in [0.25, 0.3) is 0 Å². The summed E-state index contributed by atoms with van der Waals surface area (Å²) in [4.78, 5) is 17.0. The molecule has 0 spiro atoms. The van der Waals surface area contributed by atoms with E-state index in [2.05, 4.69) is 16.0 Å². The molecular formula is C26H32ClN3O3. The highest BCUT2D eigenvalue weighted by atomic mass is 35.5. The van der Waals surface area contributed by atoms with Gasteiger partial charge in [0.15, 0.2) is 0 Å². The van der Waals surface area contributed by atoms with Crippen LogP contribution in [0.25, 0.3) is 11.0 Å². The molecule has 2 aromatic carbocycles. The van der Waals surface area contributed by atoms with Gasteiger partial charge in [-0.15, -0.1) is 0 Å². The molecule has 1 saturated heterocycles. The van der Waals surface area contributed by atoms with Crippen molar-refractivity contribution in [1.29, 1.82) is 0 Å². The third-order valence-electron chi connectivity index (χ3n) is 6.04. The largest absolute Gasteiger partial charge is 0.494 e. The Morgan fingerprint density at radius 3 is 2.79 bits per heavy atom. The van der Waals surface area contributed by atoms with Crippen LogP contribution < -0.4 is 10.1 Å². The topological polar surface area (TPSA) is 65.4 Å². The standard InChI is InChI=1S/C26H32ClN3O3/c1-18-16-20(17-19(2)25(18)27)32-15-7-13-30-22-9-4-3-8-21(22)29-24(30)11-5-12-28-26(31)23-10-6-14-33-23/h3-4,8-9,16-17,23H,5-7,10-15H2,1-2H3,(H,28,31). The van der Waals surface area contributed by atoms with Gasteiger partial charge in [0, 0.05) is 31.1 Å². The third kappa shape index (κ3) is 5.87. The van der Waals surface area contributed by atoms with Crippen LogP contribution in [0.3, 0.4) is 0 Å². The molecule has 0 saturated carbocycles. The van der Waals surface area contributed by atoms with Crippen LogP contribution in [0.4, 0.5) is 0 Å². The quantitative estimate of drug-likeness (QED) is 0.424. The van der Waals surface area contributed by atoms with Gasteiger partial charge in [-0.1, -0.05) is 23.7 Å². The van der Waals surface area contributed by atoms with Crippen molar-refractivity contribution in [1.82, 2.24) is 14.9 Å². The SMILES string of the molecule is Cc1cc(OCCCn2c(CCCNC(=O)C3CCCO3)nc3ccccc32)cc(C)c1Cl. The molecule has 1 aromatic heterocycles. The number of halogens is 1. The van der Waals surface area contributed by atoms with Gasteiger partial charge in [0.1, 0.15) is 17.7 Å². The predicted octanol–water partition coefficient (Wildman–Crippen LogP) is 5.00. The number of hydrogen-bond donors (Lipinski definition) is 1. The lowest BCUT2D eigenvalue weighted by molar-refractivity contribution is -0.130. The number of carbonyl (C=O) groups is 1. The summed E-state index contributed by atoms with van der Waals surface area (Å²) in [7, 11) is 0. The van der Waals surface area contributed by atoms with E-state index in [0.717, 1.165) is 77.4 Å². The van der Waals surface area contributed by atoms with Gasteiger partial charge >= 0.3 is 0 Å². The molecule has 176 valence electrons. The Kier molecular flexibility index (Phi) is 7.89. The number of nitrogens with one attached hydrogen (secondary N) is 1. The number of ether oxygens (including phenoxy) is 2. The van der Waals surface area contributed by atoms with Gasteiger partial charge in [0.05, 0.1) is 17.6 Å². The summed E-state index contributed by atoms with van der Waals surface area (Å²) in [5.74, 6) is 1.90. The summed E-state index contributed by atoms with van der Waals surface area (Å²) in [6, 6.07) is 12.2. The Balaban J connectivity index is 1.32. The fraction of sp³-hybridized carbons (Fsp3) is 0.462. The molecule has 1 N–H and O–H groups in total. The van der Waals surface area contributed by atoms with Crippen LogP contribution in [0.5, 0.6) is 5.75 Å². The Labute approximate surface area is 200 Å². The molecule has 1 amide bonds. The van der Waals surface area contributed by atoms with Gasteiger partial charge in [-0.25, -0.2) is 4.98 Å². The first-order valence-electron chi connectivity index (χ1n) is 11.8. The van der Waals surface area contributed by atoms with Crippen LogP contribution >= 0.6 is 11.6 Å². The Bertz CT molecular complexity index is 1080. The number of carbonyl (C=O) groups excluding carboxylic acids is 1. The van der Waals surface area contributed by atoms with E-state index in [9.17, 15) is 4.79 Å². The van der Waals surface area contributed by atoms with Crippen LogP contribution in [0.1, 0.15) is 42.6 Å². The van der Waals surface area contributed by atoms with Crippen molar-refractivity contribution in [2.24, 2.45) is 0 Å². The number of imidazole rings is 1. The normalized spacial score (nSPS) is 15.8. The minimum atomic E-state index is -0.275. The summed E-state index contributed by atoms with van der Waals surface area (Å²) in [5.41, 5.74) is 4.19. The van der Waals surface area contributed by atoms with Gasteiger partial charge in [-0.3, -0.25) is 4.79 Å². The van der Waals surface area contributed by atoms with Crippen LogP contribution in [0, 0.1) is 13.8 Å². The van der Waals surface area contributed by atoms with E-state index < -0.39 is 0 Å². The Hall–Kier alpha value is -2.57. The zero-order valence-corrected chi connectivity index (χ0v) is 20.2. The minimum absolute atomic E-state index is 0.00539. The van der Waals surface area contributed by atoms with Crippen LogP contribution in [0.15, 0.2) is 36.4 Å². The molecule has 0 bridgehead atoms. The van der Waals surface area contributed by atoms with E-state index in [4.69, 9.17) is 26.1 Å². The molecule has 33 heavy (non-hydrogen) atoms. The van der Waals surface area contributed by atoms with E-state index in [1.165, 1.54) is 0 Å². The summed E-state index contributed by atoms with van der Waals surface area (Å²) in [6.07, 6.45) is 4.01. The van der Waals surface area contributed by atoms with E-state index in [1.54, 1.807) is 0 Å². The molecule has 1 unspecified atom stereocenters. The third-order valence-corrected chi connectivity index (χ3v) is 6.63. The van der Waals surface area contributed by atoms with Crippen LogP contribution in [-0.4, -0.2) is 41.3 Å². The van der Waals surface area contributed by atoms with Gasteiger partial charge in [0.2, 0.25) is 5.91 Å². The summed E-state index contributed by atoms with van der Waals surface area (Å²) < 4.78 is 13.7. The molecule has 2 heterocycles. The molecule has 1 fully saturated rings. The number of hydrogen-bond acceptors (Lipinski definition) is 4. The fourth-order valence-corrected chi connectivity index (χ4v) is 4.43. The number of rotatable bonds is 10. The maximum atomic E-state index is 12.1. The minimum Gasteiger partial charge on any atom is -0.494 e. The number of para-hydroxylation sites is 2. The van der Waals surface area contributed by atoms with Crippen LogP contribution in [-0.2, 0) is 22.5 Å². The average molecular weight is 470 g/mol. The van der Waals surface area contributed by atoms with Crippen molar-refractivity contribution < 1.29 is 14.3 Å². The maximum absolute atomic E-state index is 12.1. The Morgan fingerprint density at radius 2 is 2.03 bits per heavy atom. The van der Waals surface area contributed by atoms with Crippen LogP contribution in [0.2, 0.25) is 5.02 Å². The van der Waals surface area contributed by atoms with Gasteiger partial charge in [-0.2, -0.15) is 0 Å². The lowest BCUT2D eigenvalue weighted by Crippen LogP contribution is -2.34. The van der Waals surface area contributed by atoms with E-state index in [0.29, 0.717) is 19.8 Å². The molecule has 7 heteroatoms. The van der Waals surface area contributed by atoms with Gasteiger partial charge < -0.3 is 19.4 Å². The number of aryl methyl sites for hydroxylation is 4. The zero-order valence-electron chi connectivity index (χ0n) is 19.4. The lowest BCUT2D eigenvalue weighted by Gasteiger charge is -2.13. The highest BCUT2D eigenvalue weighted by Gasteiger charge is 2.22. The first-order chi connectivity index (χ1) is 16.0. The van der Waals surface area contributed by atoms with Gasteiger partial charge in [-0.05, 0) is 74.9 Å². The van der Waals surface area contributed by atoms with Crippen molar-refractivity contribution >= 4 is 28.5 Å². The first kappa shape index (κ1) is 23.6. The molecule has 1 aliphatic rings. The molecule has 4 rings (SSSR count). The van der Waals surface area contributed by atoms with E-state index in [-0.39, 0.29) is 12.0 Å².